The van der Waals surface area contributed by atoms with E-state index in [1.807, 2.05) is 0 Å². The Hall–Kier alpha value is -0.860. The molecule has 1 saturated carbocycles. The van der Waals surface area contributed by atoms with Crippen LogP contribution in [0.3, 0.4) is 0 Å². The number of hydrogen-bond acceptors (Lipinski definition) is 2. The molecule has 2 aliphatic carbocycles. The lowest BCUT2D eigenvalue weighted by molar-refractivity contribution is -0.0188. The third-order valence-corrected chi connectivity index (χ3v) is 3.78. The molecule has 2 aliphatic rings. The summed E-state index contributed by atoms with van der Waals surface area (Å²) in [4.78, 5) is 0. The quantitative estimate of drug-likeness (QED) is 0.842. The predicted molar refractivity (Wildman–Crippen MR) is 64.3 cm³/mol. The first-order valence-electron chi connectivity index (χ1n) is 6.29. The number of nitrogens with two attached hydrogens (primary N) is 1. The van der Waals surface area contributed by atoms with Gasteiger partial charge in [-0.15, -0.1) is 0 Å². The van der Waals surface area contributed by atoms with Gasteiger partial charge in [0.05, 0.1) is 12.7 Å². The van der Waals surface area contributed by atoms with Crippen molar-refractivity contribution in [3.8, 4) is 0 Å². The average molecular weight is 217 g/mol. The summed E-state index contributed by atoms with van der Waals surface area (Å²) in [6, 6.07) is 7.18. The standard InChI is InChI=1S/C14H19NO/c15-13-7-14(8-13)16-9-10-4-5-11-2-1-3-12(11)6-10/h4-6,13-14H,1-3,7-9,15H2. The van der Waals surface area contributed by atoms with Crippen LogP contribution in [-0.2, 0) is 24.2 Å². The van der Waals surface area contributed by atoms with Crippen molar-refractivity contribution in [2.24, 2.45) is 5.73 Å². The van der Waals surface area contributed by atoms with Gasteiger partial charge in [0, 0.05) is 6.04 Å². The third-order valence-electron chi connectivity index (χ3n) is 3.78. The van der Waals surface area contributed by atoms with Crippen molar-refractivity contribution >= 4 is 0 Å². The largest absolute Gasteiger partial charge is 0.373 e. The second-order valence-corrected chi connectivity index (χ2v) is 5.12. The van der Waals surface area contributed by atoms with E-state index in [4.69, 9.17) is 10.5 Å². The molecule has 0 bridgehead atoms. The van der Waals surface area contributed by atoms with Crippen LogP contribution in [0.15, 0.2) is 18.2 Å². The number of benzene rings is 1. The lowest BCUT2D eigenvalue weighted by Gasteiger charge is -2.32. The van der Waals surface area contributed by atoms with E-state index in [1.54, 1.807) is 0 Å². The molecule has 2 heteroatoms. The molecule has 1 aromatic rings. The molecule has 1 aromatic carbocycles. The van der Waals surface area contributed by atoms with Gasteiger partial charge in [-0.2, -0.15) is 0 Å². The smallest absolute Gasteiger partial charge is 0.0720 e. The molecule has 0 saturated heterocycles. The molecule has 3 rings (SSSR count). The summed E-state index contributed by atoms with van der Waals surface area (Å²) in [6.07, 6.45) is 6.29. The monoisotopic (exact) mass is 217 g/mol. The van der Waals surface area contributed by atoms with E-state index in [9.17, 15) is 0 Å². The zero-order chi connectivity index (χ0) is 11.0. The average Bonchev–Trinajstić information content (AvgIpc) is 2.69. The molecule has 0 radical (unpaired) electrons. The SMILES string of the molecule is NC1CC(OCc2ccc3c(c2)CCC3)C1. The van der Waals surface area contributed by atoms with E-state index in [0.29, 0.717) is 12.1 Å². The Bertz CT molecular complexity index is 382. The Kier molecular flexibility index (Phi) is 2.70. The number of aryl methyl sites for hydroxylation is 2. The summed E-state index contributed by atoms with van der Waals surface area (Å²) < 4.78 is 5.81. The topological polar surface area (TPSA) is 35.2 Å². The van der Waals surface area contributed by atoms with Gasteiger partial charge in [0.25, 0.3) is 0 Å². The fraction of sp³-hybridized carbons (Fsp3) is 0.571. The zero-order valence-electron chi connectivity index (χ0n) is 9.61. The van der Waals surface area contributed by atoms with Crippen molar-refractivity contribution in [3.63, 3.8) is 0 Å². The third kappa shape index (κ3) is 2.00. The fourth-order valence-corrected chi connectivity index (χ4v) is 2.67. The number of ether oxygens (including phenoxy) is 1. The van der Waals surface area contributed by atoms with Crippen LogP contribution in [-0.4, -0.2) is 12.1 Å². The summed E-state index contributed by atoms with van der Waals surface area (Å²) >= 11 is 0. The Morgan fingerprint density at radius 2 is 2.00 bits per heavy atom. The zero-order valence-corrected chi connectivity index (χ0v) is 9.61. The molecule has 0 aliphatic heterocycles. The summed E-state index contributed by atoms with van der Waals surface area (Å²) in [5.74, 6) is 0. The lowest BCUT2D eigenvalue weighted by atomic mass is 9.90. The van der Waals surface area contributed by atoms with Crippen LogP contribution in [0.1, 0.15) is 36.0 Å². The molecule has 0 heterocycles. The normalized spacial score (nSPS) is 27.6. The summed E-state index contributed by atoms with van der Waals surface area (Å²) in [5, 5.41) is 0. The Morgan fingerprint density at radius 1 is 1.19 bits per heavy atom. The van der Waals surface area contributed by atoms with Crippen molar-refractivity contribution in [1.29, 1.82) is 0 Å². The molecule has 0 amide bonds. The maximum Gasteiger partial charge on any atom is 0.0720 e. The fourth-order valence-electron chi connectivity index (χ4n) is 2.67. The van der Waals surface area contributed by atoms with Gasteiger partial charge in [0.1, 0.15) is 0 Å². The van der Waals surface area contributed by atoms with Crippen LogP contribution in [0.25, 0.3) is 0 Å². The van der Waals surface area contributed by atoms with E-state index in [0.717, 1.165) is 19.4 Å². The molecule has 0 unspecified atom stereocenters. The Balaban J connectivity index is 1.58. The second kappa shape index (κ2) is 4.19. The van der Waals surface area contributed by atoms with Gasteiger partial charge in [-0.1, -0.05) is 18.2 Å². The Morgan fingerprint density at radius 3 is 2.81 bits per heavy atom. The highest BCUT2D eigenvalue weighted by Crippen LogP contribution is 2.25. The highest BCUT2D eigenvalue weighted by atomic mass is 16.5. The van der Waals surface area contributed by atoms with E-state index in [1.165, 1.54) is 36.0 Å². The molecule has 2 N–H and O–H groups in total. The maximum absolute atomic E-state index is 5.81. The van der Waals surface area contributed by atoms with E-state index in [2.05, 4.69) is 18.2 Å². The van der Waals surface area contributed by atoms with E-state index in [-0.39, 0.29) is 0 Å². The number of hydrogen-bond donors (Lipinski definition) is 1. The molecular formula is C14H19NO. The molecule has 2 nitrogen and oxygen atoms in total. The summed E-state index contributed by atoms with van der Waals surface area (Å²) in [6.45, 7) is 0.755. The second-order valence-electron chi connectivity index (χ2n) is 5.12. The summed E-state index contributed by atoms with van der Waals surface area (Å²) in [7, 11) is 0. The molecule has 1 fully saturated rings. The lowest BCUT2D eigenvalue weighted by Crippen LogP contribution is -2.41. The van der Waals surface area contributed by atoms with Gasteiger partial charge in [-0.05, 0) is 48.8 Å². The van der Waals surface area contributed by atoms with Crippen LogP contribution in [0.4, 0.5) is 0 Å². The molecule has 0 spiro atoms. The van der Waals surface area contributed by atoms with Crippen LogP contribution in [0.2, 0.25) is 0 Å². The minimum atomic E-state index is 0.380. The predicted octanol–water partition coefficient (Wildman–Crippen LogP) is 2.18. The summed E-state index contributed by atoms with van der Waals surface area (Å²) in [5.41, 5.74) is 10.1. The van der Waals surface area contributed by atoms with Crippen LogP contribution in [0.5, 0.6) is 0 Å². The van der Waals surface area contributed by atoms with Gasteiger partial charge in [0.2, 0.25) is 0 Å². The molecule has 86 valence electrons. The van der Waals surface area contributed by atoms with Crippen molar-refractivity contribution in [2.75, 3.05) is 0 Å². The van der Waals surface area contributed by atoms with Crippen LogP contribution in [0, 0.1) is 0 Å². The van der Waals surface area contributed by atoms with Gasteiger partial charge in [0.15, 0.2) is 0 Å². The van der Waals surface area contributed by atoms with Gasteiger partial charge in [-0.25, -0.2) is 0 Å². The van der Waals surface area contributed by atoms with E-state index >= 15 is 0 Å². The first-order chi connectivity index (χ1) is 7.81. The first-order valence-corrected chi connectivity index (χ1v) is 6.29. The highest BCUT2D eigenvalue weighted by Gasteiger charge is 2.26. The van der Waals surface area contributed by atoms with Crippen molar-refractivity contribution in [3.05, 3.63) is 34.9 Å². The van der Waals surface area contributed by atoms with Crippen LogP contribution >= 0.6 is 0 Å². The van der Waals surface area contributed by atoms with Crippen molar-refractivity contribution in [1.82, 2.24) is 0 Å². The molecule has 16 heavy (non-hydrogen) atoms. The molecular weight excluding hydrogens is 198 g/mol. The minimum absolute atomic E-state index is 0.380. The van der Waals surface area contributed by atoms with Gasteiger partial charge in [-0.3, -0.25) is 0 Å². The van der Waals surface area contributed by atoms with Crippen molar-refractivity contribution in [2.45, 2.75) is 50.9 Å². The minimum Gasteiger partial charge on any atom is -0.373 e. The number of rotatable bonds is 3. The highest BCUT2D eigenvalue weighted by molar-refractivity contribution is 5.35. The van der Waals surface area contributed by atoms with Gasteiger partial charge < -0.3 is 10.5 Å². The maximum atomic E-state index is 5.81. The number of fused-ring (bicyclic) bond motifs is 1. The Labute approximate surface area is 96.8 Å². The first kappa shape index (κ1) is 10.3. The molecule has 0 atom stereocenters. The van der Waals surface area contributed by atoms with E-state index < -0.39 is 0 Å². The van der Waals surface area contributed by atoms with Crippen molar-refractivity contribution < 1.29 is 4.74 Å². The molecule has 0 aromatic heterocycles. The van der Waals surface area contributed by atoms with Gasteiger partial charge >= 0.3 is 0 Å². The van der Waals surface area contributed by atoms with Crippen LogP contribution < -0.4 is 5.73 Å².